The summed E-state index contributed by atoms with van der Waals surface area (Å²) < 4.78 is 26.2. The molecule has 1 amide bonds. The van der Waals surface area contributed by atoms with Crippen LogP contribution < -0.4 is 11.1 Å². The van der Waals surface area contributed by atoms with Crippen molar-refractivity contribution in [3.05, 3.63) is 47.2 Å². The molecule has 2 rings (SSSR count). The van der Waals surface area contributed by atoms with Crippen molar-refractivity contribution < 1.29 is 18.8 Å². The number of aromatic amines is 1. The van der Waals surface area contributed by atoms with Crippen molar-refractivity contribution in [2.24, 2.45) is 10.9 Å². The van der Waals surface area contributed by atoms with Gasteiger partial charge in [-0.2, -0.15) is 5.10 Å². The Morgan fingerprint density at radius 1 is 1.40 bits per heavy atom. The van der Waals surface area contributed by atoms with Crippen LogP contribution in [0, 0.1) is 11.6 Å². The number of hydrogen-bond acceptors (Lipinski definition) is 4. The maximum Gasteiger partial charge on any atom is 0.259 e. The zero-order valence-electron chi connectivity index (χ0n) is 9.89. The van der Waals surface area contributed by atoms with Crippen LogP contribution in [0.4, 0.5) is 14.6 Å². The molecule has 5 N–H and O–H groups in total. The molecule has 2 aromatic rings. The molecule has 1 aromatic carbocycles. The molecule has 1 heterocycles. The van der Waals surface area contributed by atoms with Gasteiger partial charge >= 0.3 is 0 Å². The Bertz CT molecular complexity index is 683. The van der Waals surface area contributed by atoms with Crippen molar-refractivity contribution in [3.8, 4) is 0 Å². The van der Waals surface area contributed by atoms with Crippen molar-refractivity contribution in [1.82, 2.24) is 10.2 Å². The van der Waals surface area contributed by atoms with E-state index < -0.39 is 17.5 Å². The third-order valence-electron chi connectivity index (χ3n) is 2.44. The van der Waals surface area contributed by atoms with E-state index in [2.05, 4.69) is 20.7 Å². The molecule has 0 saturated carbocycles. The van der Waals surface area contributed by atoms with Gasteiger partial charge in [-0.15, -0.1) is 0 Å². The molecule has 0 saturated heterocycles. The molecule has 0 atom stereocenters. The smallest absolute Gasteiger partial charge is 0.259 e. The summed E-state index contributed by atoms with van der Waals surface area (Å²) in [7, 11) is 0. The van der Waals surface area contributed by atoms with Crippen LogP contribution in [0.2, 0.25) is 0 Å². The first-order chi connectivity index (χ1) is 9.52. The molecule has 0 aliphatic heterocycles. The standard InChI is InChI=1S/C11H9F2N5O2/c12-5-1-2-6(8(13)3-5)11(19)16-10-7(4-15-17-10)9(14)18-20/h1-4,20H,(H2,14,18)(H2,15,16,17,19). The molecule has 0 bridgehead atoms. The van der Waals surface area contributed by atoms with E-state index in [1.54, 1.807) is 0 Å². The Morgan fingerprint density at radius 3 is 2.80 bits per heavy atom. The Kier molecular flexibility index (Phi) is 3.60. The Morgan fingerprint density at radius 2 is 2.15 bits per heavy atom. The van der Waals surface area contributed by atoms with E-state index in [4.69, 9.17) is 10.9 Å². The van der Waals surface area contributed by atoms with E-state index in [0.717, 1.165) is 12.1 Å². The van der Waals surface area contributed by atoms with Gasteiger partial charge in [0.2, 0.25) is 0 Å². The van der Waals surface area contributed by atoms with E-state index in [9.17, 15) is 13.6 Å². The minimum atomic E-state index is -1.01. The highest BCUT2D eigenvalue weighted by Crippen LogP contribution is 2.14. The molecule has 0 unspecified atom stereocenters. The molecule has 20 heavy (non-hydrogen) atoms. The van der Waals surface area contributed by atoms with Gasteiger partial charge in [-0.1, -0.05) is 5.16 Å². The average Bonchev–Trinajstić information content (AvgIpc) is 2.85. The lowest BCUT2D eigenvalue weighted by atomic mass is 10.2. The SMILES string of the molecule is NC(=NO)c1cn[nH]c1NC(=O)c1ccc(F)cc1F. The van der Waals surface area contributed by atoms with Gasteiger partial charge < -0.3 is 16.3 Å². The normalized spacial score (nSPS) is 11.4. The maximum atomic E-state index is 13.4. The van der Waals surface area contributed by atoms with Crippen molar-refractivity contribution >= 4 is 17.6 Å². The topological polar surface area (TPSA) is 116 Å². The molecular formula is C11H9F2N5O2. The van der Waals surface area contributed by atoms with Gasteiger partial charge in [0, 0.05) is 6.07 Å². The third kappa shape index (κ3) is 2.55. The number of anilines is 1. The van der Waals surface area contributed by atoms with Gasteiger partial charge in [-0.3, -0.25) is 9.89 Å². The van der Waals surface area contributed by atoms with E-state index in [-0.39, 0.29) is 22.8 Å². The van der Waals surface area contributed by atoms with Crippen LogP contribution in [-0.2, 0) is 0 Å². The number of halogens is 2. The molecule has 0 fully saturated rings. The van der Waals surface area contributed by atoms with Crippen LogP contribution in [0.5, 0.6) is 0 Å². The van der Waals surface area contributed by atoms with E-state index in [1.807, 2.05) is 0 Å². The molecule has 1 aromatic heterocycles. The van der Waals surface area contributed by atoms with Gasteiger partial charge in [0.15, 0.2) is 5.84 Å². The molecule has 0 aliphatic rings. The average molecular weight is 281 g/mol. The monoisotopic (exact) mass is 281 g/mol. The second-order valence-corrected chi connectivity index (χ2v) is 3.72. The number of aromatic nitrogens is 2. The molecule has 0 aliphatic carbocycles. The number of amides is 1. The number of oxime groups is 1. The van der Waals surface area contributed by atoms with E-state index in [0.29, 0.717) is 6.07 Å². The summed E-state index contributed by atoms with van der Waals surface area (Å²) in [5.41, 5.74) is 5.14. The predicted molar refractivity (Wildman–Crippen MR) is 65.4 cm³/mol. The molecule has 9 heteroatoms. The maximum absolute atomic E-state index is 13.4. The van der Waals surface area contributed by atoms with Crippen LogP contribution in [0.15, 0.2) is 29.6 Å². The highest BCUT2D eigenvalue weighted by atomic mass is 19.1. The highest BCUT2D eigenvalue weighted by molar-refractivity contribution is 6.08. The second-order valence-electron chi connectivity index (χ2n) is 3.72. The minimum Gasteiger partial charge on any atom is -0.409 e. The van der Waals surface area contributed by atoms with Crippen LogP contribution in [0.3, 0.4) is 0 Å². The fourth-order valence-corrected chi connectivity index (χ4v) is 1.48. The highest BCUT2D eigenvalue weighted by Gasteiger charge is 2.16. The zero-order chi connectivity index (χ0) is 14.7. The molecule has 0 radical (unpaired) electrons. The first kappa shape index (κ1) is 13.5. The van der Waals surface area contributed by atoms with Crippen molar-refractivity contribution in [3.63, 3.8) is 0 Å². The summed E-state index contributed by atoms with van der Waals surface area (Å²) in [6.07, 6.45) is 1.21. The number of nitrogens with one attached hydrogen (secondary N) is 2. The number of nitrogens with two attached hydrogens (primary N) is 1. The predicted octanol–water partition coefficient (Wildman–Crippen LogP) is 1.03. The van der Waals surface area contributed by atoms with Crippen LogP contribution in [-0.4, -0.2) is 27.1 Å². The summed E-state index contributed by atoms with van der Waals surface area (Å²) in [4.78, 5) is 11.8. The molecular weight excluding hydrogens is 272 g/mol. The lowest BCUT2D eigenvalue weighted by Gasteiger charge is -2.06. The lowest BCUT2D eigenvalue weighted by molar-refractivity contribution is 0.102. The summed E-state index contributed by atoms with van der Waals surface area (Å²) in [6.45, 7) is 0. The van der Waals surface area contributed by atoms with E-state index in [1.165, 1.54) is 6.20 Å². The number of benzene rings is 1. The number of amidine groups is 1. The van der Waals surface area contributed by atoms with Crippen molar-refractivity contribution in [1.29, 1.82) is 0 Å². The second kappa shape index (κ2) is 5.34. The van der Waals surface area contributed by atoms with Crippen molar-refractivity contribution in [2.75, 3.05) is 5.32 Å². The molecule has 7 nitrogen and oxygen atoms in total. The van der Waals surface area contributed by atoms with Gasteiger partial charge in [0.25, 0.3) is 5.91 Å². The Balaban J connectivity index is 2.26. The first-order valence-electron chi connectivity index (χ1n) is 5.30. The number of nitrogens with zero attached hydrogens (tertiary/aromatic N) is 2. The largest absolute Gasteiger partial charge is 0.409 e. The lowest BCUT2D eigenvalue weighted by Crippen LogP contribution is -2.19. The Labute approximate surface area is 111 Å². The fourth-order valence-electron chi connectivity index (χ4n) is 1.48. The van der Waals surface area contributed by atoms with Gasteiger partial charge in [0.1, 0.15) is 17.5 Å². The number of carbonyl (C=O) groups is 1. The third-order valence-corrected chi connectivity index (χ3v) is 2.44. The van der Waals surface area contributed by atoms with Crippen molar-refractivity contribution in [2.45, 2.75) is 0 Å². The number of H-pyrrole nitrogens is 1. The van der Waals surface area contributed by atoms with Crippen LogP contribution in [0.25, 0.3) is 0 Å². The minimum absolute atomic E-state index is 0.0222. The summed E-state index contributed by atoms with van der Waals surface area (Å²) >= 11 is 0. The van der Waals surface area contributed by atoms with Crippen LogP contribution >= 0.6 is 0 Å². The molecule has 104 valence electrons. The van der Waals surface area contributed by atoms with Gasteiger partial charge in [-0.05, 0) is 12.1 Å². The number of rotatable bonds is 3. The summed E-state index contributed by atoms with van der Waals surface area (Å²) in [6, 6.07) is 2.54. The van der Waals surface area contributed by atoms with E-state index >= 15 is 0 Å². The quantitative estimate of drug-likeness (QED) is 0.291. The number of hydrogen-bond donors (Lipinski definition) is 4. The van der Waals surface area contributed by atoms with Gasteiger partial charge in [-0.25, -0.2) is 8.78 Å². The van der Waals surface area contributed by atoms with Gasteiger partial charge in [0.05, 0.1) is 17.3 Å². The summed E-state index contributed by atoms with van der Waals surface area (Å²) in [5, 5.41) is 19.6. The zero-order valence-corrected chi connectivity index (χ0v) is 9.89. The molecule has 0 spiro atoms. The Hall–Kier alpha value is -2.97. The fraction of sp³-hybridized carbons (Fsp3) is 0. The number of carbonyl (C=O) groups excluding carboxylic acids is 1. The van der Waals surface area contributed by atoms with Crippen LogP contribution in [0.1, 0.15) is 15.9 Å². The first-order valence-corrected chi connectivity index (χ1v) is 5.30. The summed E-state index contributed by atoms with van der Waals surface area (Å²) in [5.74, 6) is -2.90.